The smallest absolute Gasteiger partial charge is 0.139 e. The topological polar surface area (TPSA) is 40.7 Å². The van der Waals surface area contributed by atoms with Crippen molar-refractivity contribution in [3.05, 3.63) is 40.1 Å². The van der Waals surface area contributed by atoms with Crippen LogP contribution in [0.25, 0.3) is 11.4 Å². The summed E-state index contributed by atoms with van der Waals surface area (Å²) in [7, 11) is 0. The van der Waals surface area contributed by atoms with Crippen molar-refractivity contribution in [3.8, 4) is 11.4 Å². The first kappa shape index (κ1) is 9.12. The summed E-state index contributed by atoms with van der Waals surface area (Å²) in [4.78, 5) is 7.92. The molecule has 76 valence electrons. The maximum absolute atomic E-state index is 4.57. The number of nitrogens with zero attached hydrogens (tertiary/aromatic N) is 1. The summed E-state index contributed by atoms with van der Waals surface area (Å²) < 4.78 is 1.07. The molecule has 0 fully saturated rings. The second-order valence-corrected chi connectivity index (χ2v) is 4.45. The lowest BCUT2D eigenvalue weighted by Crippen LogP contribution is -2.02. The highest BCUT2D eigenvalue weighted by Gasteiger charge is 2.16. The second kappa shape index (κ2) is 3.47. The van der Waals surface area contributed by atoms with Crippen LogP contribution in [0.3, 0.4) is 0 Å². The number of halogens is 1. The van der Waals surface area contributed by atoms with Gasteiger partial charge in [-0.25, -0.2) is 4.98 Å². The van der Waals surface area contributed by atoms with Crippen LogP contribution in [0.2, 0.25) is 0 Å². The molecule has 0 amide bonds. The van der Waals surface area contributed by atoms with Gasteiger partial charge in [-0.3, -0.25) is 0 Å². The fourth-order valence-electron chi connectivity index (χ4n) is 1.82. The molecule has 1 aliphatic rings. The maximum atomic E-state index is 4.57. The van der Waals surface area contributed by atoms with Crippen molar-refractivity contribution in [2.24, 2.45) is 0 Å². The average molecular weight is 264 g/mol. The summed E-state index contributed by atoms with van der Waals surface area (Å²) in [5, 5.41) is 3.26. The summed E-state index contributed by atoms with van der Waals surface area (Å²) in [6.45, 7) is 1.77. The Bertz CT molecular complexity index is 483. The Balaban J connectivity index is 2.10. The van der Waals surface area contributed by atoms with Crippen molar-refractivity contribution in [3.63, 3.8) is 0 Å². The van der Waals surface area contributed by atoms with Gasteiger partial charge in [0.15, 0.2) is 0 Å². The number of aromatic amines is 1. The quantitative estimate of drug-likeness (QED) is 0.830. The Morgan fingerprint density at radius 1 is 1.20 bits per heavy atom. The lowest BCUT2D eigenvalue weighted by atomic mass is 10.2. The summed E-state index contributed by atoms with van der Waals surface area (Å²) in [6, 6.07) is 8.12. The van der Waals surface area contributed by atoms with Crippen molar-refractivity contribution in [1.29, 1.82) is 0 Å². The third kappa shape index (κ3) is 1.50. The van der Waals surface area contributed by atoms with Crippen LogP contribution in [0.1, 0.15) is 11.4 Å². The standard InChI is InChI=1S/C11H10BrN3/c12-8-4-2-1-3-7(8)11-14-9-5-13-6-10(9)15-11/h1-4,13H,5-6H2,(H,14,15). The molecule has 0 saturated heterocycles. The Kier molecular flexibility index (Phi) is 2.11. The molecule has 0 radical (unpaired) electrons. The molecule has 2 aromatic rings. The SMILES string of the molecule is Brc1ccccc1-c1nc2c([nH]1)CNC2. The Labute approximate surface area is 96.1 Å². The minimum Gasteiger partial charge on any atom is -0.340 e. The van der Waals surface area contributed by atoms with E-state index in [0.29, 0.717) is 0 Å². The van der Waals surface area contributed by atoms with E-state index in [1.807, 2.05) is 18.2 Å². The lowest BCUT2D eigenvalue weighted by molar-refractivity contribution is 0.744. The molecule has 3 nitrogen and oxygen atoms in total. The average Bonchev–Trinajstić information content (AvgIpc) is 2.77. The first-order valence-electron chi connectivity index (χ1n) is 4.88. The van der Waals surface area contributed by atoms with Crippen molar-refractivity contribution >= 4 is 15.9 Å². The van der Waals surface area contributed by atoms with Gasteiger partial charge in [0.1, 0.15) is 5.82 Å². The van der Waals surface area contributed by atoms with Crippen LogP contribution in [-0.2, 0) is 13.1 Å². The van der Waals surface area contributed by atoms with Crippen LogP contribution in [0.15, 0.2) is 28.7 Å². The zero-order valence-corrected chi connectivity index (χ0v) is 9.63. The van der Waals surface area contributed by atoms with E-state index in [1.165, 1.54) is 5.69 Å². The lowest BCUT2D eigenvalue weighted by Gasteiger charge is -2.00. The van der Waals surface area contributed by atoms with E-state index in [1.54, 1.807) is 0 Å². The van der Waals surface area contributed by atoms with Crippen molar-refractivity contribution < 1.29 is 0 Å². The normalized spacial score (nSPS) is 14.2. The second-order valence-electron chi connectivity index (χ2n) is 3.59. The molecule has 0 bridgehead atoms. The van der Waals surface area contributed by atoms with E-state index in [2.05, 4.69) is 37.3 Å². The van der Waals surface area contributed by atoms with E-state index >= 15 is 0 Å². The van der Waals surface area contributed by atoms with Gasteiger partial charge in [0.25, 0.3) is 0 Å². The number of benzene rings is 1. The maximum Gasteiger partial charge on any atom is 0.139 e. The molecule has 0 aliphatic carbocycles. The van der Waals surface area contributed by atoms with Crippen LogP contribution in [0.4, 0.5) is 0 Å². The highest BCUT2D eigenvalue weighted by atomic mass is 79.9. The van der Waals surface area contributed by atoms with E-state index in [4.69, 9.17) is 0 Å². The Hall–Kier alpha value is -1.13. The summed E-state index contributed by atoms with van der Waals surface area (Å²) in [5.41, 5.74) is 3.47. The molecule has 15 heavy (non-hydrogen) atoms. The molecule has 0 atom stereocenters. The molecule has 1 aromatic heterocycles. The number of rotatable bonds is 1. The Morgan fingerprint density at radius 2 is 2.07 bits per heavy atom. The van der Waals surface area contributed by atoms with Gasteiger partial charge in [0.05, 0.1) is 11.4 Å². The monoisotopic (exact) mass is 263 g/mol. The number of H-pyrrole nitrogens is 1. The minimum atomic E-state index is 0.871. The molecule has 1 aliphatic heterocycles. The molecule has 1 aromatic carbocycles. The molecule has 0 saturated carbocycles. The van der Waals surface area contributed by atoms with Crippen molar-refractivity contribution in [2.75, 3.05) is 0 Å². The molecule has 2 heterocycles. The van der Waals surface area contributed by atoms with Gasteiger partial charge < -0.3 is 10.3 Å². The van der Waals surface area contributed by atoms with E-state index < -0.39 is 0 Å². The minimum absolute atomic E-state index is 0.871. The fraction of sp³-hybridized carbons (Fsp3) is 0.182. The number of hydrogen-bond donors (Lipinski definition) is 2. The van der Waals surface area contributed by atoms with E-state index in [0.717, 1.165) is 34.6 Å². The predicted molar refractivity (Wildman–Crippen MR) is 62.3 cm³/mol. The van der Waals surface area contributed by atoms with E-state index in [9.17, 15) is 0 Å². The molecule has 4 heteroatoms. The van der Waals surface area contributed by atoms with Crippen molar-refractivity contribution in [2.45, 2.75) is 13.1 Å². The number of nitrogens with one attached hydrogen (secondary N) is 2. The molecule has 0 unspecified atom stereocenters. The van der Waals surface area contributed by atoms with Crippen LogP contribution >= 0.6 is 15.9 Å². The summed E-state index contributed by atoms with van der Waals surface area (Å²) >= 11 is 3.53. The van der Waals surface area contributed by atoms with Crippen molar-refractivity contribution in [1.82, 2.24) is 15.3 Å². The largest absolute Gasteiger partial charge is 0.340 e. The molecule has 3 rings (SSSR count). The van der Waals surface area contributed by atoms with Gasteiger partial charge in [0.2, 0.25) is 0 Å². The van der Waals surface area contributed by atoms with Crippen LogP contribution in [-0.4, -0.2) is 9.97 Å². The third-order valence-corrected chi connectivity index (χ3v) is 3.28. The number of imidazole rings is 1. The van der Waals surface area contributed by atoms with Crippen LogP contribution in [0.5, 0.6) is 0 Å². The zero-order valence-electron chi connectivity index (χ0n) is 8.05. The van der Waals surface area contributed by atoms with Crippen LogP contribution < -0.4 is 5.32 Å². The van der Waals surface area contributed by atoms with Gasteiger partial charge in [-0.1, -0.05) is 34.1 Å². The van der Waals surface area contributed by atoms with Crippen LogP contribution in [0, 0.1) is 0 Å². The predicted octanol–water partition coefficient (Wildman–Crippen LogP) is 2.44. The Morgan fingerprint density at radius 3 is 2.87 bits per heavy atom. The zero-order chi connectivity index (χ0) is 10.3. The highest BCUT2D eigenvalue weighted by molar-refractivity contribution is 9.10. The third-order valence-electron chi connectivity index (χ3n) is 2.59. The fourth-order valence-corrected chi connectivity index (χ4v) is 2.30. The summed E-state index contributed by atoms with van der Waals surface area (Å²) in [5.74, 6) is 0.953. The molecule has 2 N–H and O–H groups in total. The number of hydrogen-bond acceptors (Lipinski definition) is 2. The highest BCUT2D eigenvalue weighted by Crippen LogP contribution is 2.27. The van der Waals surface area contributed by atoms with Gasteiger partial charge in [-0.05, 0) is 6.07 Å². The molecule has 0 spiro atoms. The molecular formula is C11H10BrN3. The first-order chi connectivity index (χ1) is 7.34. The number of fused-ring (bicyclic) bond motifs is 1. The van der Waals surface area contributed by atoms with Gasteiger partial charge in [0, 0.05) is 23.1 Å². The van der Waals surface area contributed by atoms with Gasteiger partial charge in [-0.15, -0.1) is 0 Å². The van der Waals surface area contributed by atoms with Gasteiger partial charge >= 0.3 is 0 Å². The summed E-state index contributed by atoms with van der Waals surface area (Å²) in [6.07, 6.45) is 0. The van der Waals surface area contributed by atoms with Gasteiger partial charge in [-0.2, -0.15) is 0 Å². The molecular weight excluding hydrogens is 254 g/mol. The number of aromatic nitrogens is 2. The first-order valence-corrected chi connectivity index (χ1v) is 5.67. The van der Waals surface area contributed by atoms with E-state index in [-0.39, 0.29) is 0 Å².